The molecule has 1 saturated heterocycles. The molecule has 0 bridgehead atoms. The third-order valence-corrected chi connectivity index (χ3v) is 5.20. The second-order valence-electron chi connectivity index (χ2n) is 6.67. The van der Waals surface area contributed by atoms with Gasteiger partial charge in [0.25, 0.3) is 11.6 Å². The Labute approximate surface area is 167 Å². The standard InChI is InChI=1S/C20H20ClN3O4/c21-18-9-2-1-5-14(18)11-16-8-4-10-23(16)19(25)13-22-20(26)15-6-3-7-17(12-15)24(27)28/h1-3,5-7,9,12,16H,4,8,10-11,13H2,(H,22,26). The zero-order chi connectivity index (χ0) is 20.1. The fraction of sp³-hybridized carbons (Fsp3) is 0.300. The van der Waals surface area contributed by atoms with Crippen molar-refractivity contribution in [3.05, 3.63) is 74.8 Å². The highest BCUT2D eigenvalue weighted by atomic mass is 35.5. The topological polar surface area (TPSA) is 92.6 Å². The van der Waals surface area contributed by atoms with Crippen molar-refractivity contribution in [3.63, 3.8) is 0 Å². The number of nitro benzene ring substituents is 1. The SMILES string of the molecule is O=C(NCC(=O)N1CCCC1Cc1ccccc1Cl)c1cccc([N+](=O)[O-])c1. The normalized spacial score (nSPS) is 16.0. The van der Waals surface area contributed by atoms with Crippen molar-refractivity contribution in [2.75, 3.05) is 13.1 Å². The average molecular weight is 402 g/mol. The highest BCUT2D eigenvalue weighted by Crippen LogP contribution is 2.24. The Balaban J connectivity index is 1.59. The van der Waals surface area contributed by atoms with E-state index in [2.05, 4.69) is 5.32 Å². The van der Waals surface area contributed by atoms with Gasteiger partial charge in [-0.3, -0.25) is 19.7 Å². The highest BCUT2D eigenvalue weighted by Gasteiger charge is 2.29. The number of hydrogen-bond acceptors (Lipinski definition) is 4. The largest absolute Gasteiger partial charge is 0.343 e. The zero-order valence-electron chi connectivity index (χ0n) is 15.1. The maximum absolute atomic E-state index is 12.6. The minimum Gasteiger partial charge on any atom is -0.343 e. The van der Waals surface area contributed by atoms with E-state index in [-0.39, 0.29) is 29.7 Å². The molecular weight excluding hydrogens is 382 g/mol. The van der Waals surface area contributed by atoms with Gasteiger partial charge in [0.15, 0.2) is 0 Å². The summed E-state index contributed by atoms with van der Waals surface area (Å²) in [6.07, 6.45) is 2.46. The van der Waals surface area contributed by atoms with Crippen molar-refractivity contribution in [1.82, 2.24) is 10.2 Å². The molecule has 3 rings (SSSR count). The predicted octanol–water partition coefficient (Wildman–Crippen LogP) is 3.21. The molecule has 146 valence electrons. The lowest BCUT2D eigenvalue weighted by atomic mass is 10.0. The van der Waals surface area contributed by atoms with E-state index < -0.39 is 10.8 Å². The summed E-state index contributed by atoms with van der Waals surface area (Å²) in [5.74, 6) is -0.688. The number of carbonyl (C=O) groups excluding carboxylic acids is 2. The van der Waals surface area contributed by atoms with Gasteiger partial charge in [0.1, 0.15) is 0 Å². The third-order valence-electron chi connectivity index (χ3n) is 4.83. The van der Waals surface area contributed by atoms with E-state index in [0.29, 0.717) is 18.0 Å². The minimum absolute atomic E-state index is 0.0436. The number of nitrogens with one attached hydrogen (secondary N) is 1. The summed E-state index contributed by atoms with van der Waals surface area (Å²) in [5, 5.41) is 14.1. The second-order valence-corrected chi connectivity index (χ2v) is 7.08. The number of amides is 2. The molecule has 1 aliphatic rings. The number of likely N-dealkylation sites (tertiary alicyclic amines) is 1. The van der Waals surface area contributed by atoms with E-state index in [4.69, 9.17) is 11.6 Å². The summed E-state index contributed by atoms with van der Waals surface area (Å²) < 4.78 is 0. The first-order valence-electron chi connectivity index (χ1n) is 9.01. The van der Waals surface area contributed by atoms with Crippen LogP contribution in [0.15, 0.2) is 48.5 Å². The van der Waals surface area contributed by atoms with Crippen LogP contribution in [0.2, 0.25) is 5.02 Å². The fourth-order valence-corrected chi connectivity index (χ4v) is 3.63. The maximum atomic E-state index is 12.6. The van der Waals surface area contributed by atoms with Crippen LogP contribution in [0.1, 0.15) is 28.8 Å². The lowest BCUT2D eigenvalue weighted by Gasteiger charge is -2.25. The molecule has 0 spiro atoms. The van der Waals surface area contributed by atoms with E-state index in [1.165, 1.54) is 24.3 Å². The minimum atomic E-state index is -0.564. The van der Waals surface area contributed by atoms with Crippen LogP contribution in [0, 0.1) is 10.1 Å². The first kappa shape index (κ1) is 19.8. The van der Waals surface area contributed by atoms with Gasteiger partial charge < -0.3 is 10.2 Å². The zero-order valence-corrected chi connectivity index (χ0v) is 15.9. The molecule has 0 saturated carbocycles. The van der Waals surface area contributed by atoms with Gasteiger partial charge in [-0.1, -0.05) is 35.9 Å². The van der Waals surface area contributed by atoms with Gasteiger partial charge in [-0.25, -0.2) is 0 Å². The number of hydrogen-bond donors (Lipinski definition) is 1. The molecule has 1 unspecified atom stereocenters. The third kappa shape index (κ3) is 4.67. The van der Waals surface area contributed by atoms with Crippen LogP contribution in [-0.4, -0.2) is 40.8 Å². The van der Waals surface area contributed by atoms with Crippen molar-refractivity contribution in [2.45, 2.75) is 25.3 Å². The van der Waals surface area contributed by atoms with E-state index >= 15 is 0 Å². The molecule has 8 heteroatoms. The summed E-state index contributed by atoms with van der Waals surface area (Å²) in [6.45, 7) is 0.487. The van der Waals surface area contributed by atoms with Gasteiger partial charge in [-0.2, -0.15) is 0 Å². The van der Waals surface area contributed by atoms with Crippen LogP contribution >= 0.6 is 11.6 Å². The van der Waals surface area contributed by atoms with Gasteiger partial charge in [0.05, 0.1) is 11.5 Å². The number of non-ortho nitro benzene ring substituents is 1. The number of rotatable bonds is 6. The monoisotopic (exact) mass is 401 g/mol. The summed E-state index contributed by atoms with van der Waals surface area (Å²) in [5.41, 5.74) is 0.976. The summed E-state index contributed by atoms with van der Waals surface area (Å²) >= 11 is 6.23. The summed E-state index contributed by atoms with van der Waals surface area (Å²) in [6, 6.07) is 13.0. The molecule has 1 heterocycles. The van der Waals surface area contributed by atoms with E-state index in [1.807, 2.05) is 24.3 Å². The molecule has 2 aromatic rings. The van der Waals surface area contributed by atoms with Crippen LogP contribution in [0.4, 0.5) is 5.69 Å². The van der Waals surface area contributed by atoms with Crippen molar-refractivity contribution in [2.24, 2.45) is 0 Å². The Hall–Kier alpha value is -2.93. The number of carbonyl (C=O) groups is 2. The first-order valence-corrected chi connectivity index (χ1v) is 9.39. The molecule has 2 amide bonds. The lowest BCUT2D eigenvalue weighted by Crippen LogP contribution is -2.43. The van der Waals surface area contributed by atoms with Crippen LogP contribution < -0.4 is 5.32 Å². The first-order chi connectivity index (χ1) is 13.5. The molecule has 1 N–H and O–H groups in total. The number of benzene rings is 2. The van der Waals surface area contributed by atoms with Crippen LogP contribution in [0.25, 0.3) is 0 Å². The Morgan fingerprint density at radius 1 is 1.21 bits per heavy atom. The number of nitro groups is 1. The smallest absolute Gasteiger partial charge is 0.270 e. The molecule has 0 aromatic heterocycles. The molecule has 1 aliphatic heterocycles. The Kier molecular flexibility index (Phi) is 6.26. The van der Waals surface area contributed by atoms with Crippen molar-refractivity contribution < 1.29 is 14.5 Å². The van der Waals surface area contributed by atoms with Crippen molar-refractivity contribution in [3.8, 4) is 0 Å². The van der Waals surface area contributed by atoms with E-state index in [0.717, 1.165) is 18.4 Å². The van der Waals surface area contributed by atoms with Crippen LogP contribution in [0.3, 0.4) is 0 Å². The fourth-order valence-electron chi connectivity index (χ4n) is 3.41. The van der Waals surface area contributed by atoms with Crippen molar-refractivity contribution >= 4 is 29.1 Å². The summed E-state index contributed by atoms with van der Waals surface area (Å²) in [4.78, 5) is 36.9. The predicted molar refractivity (Wildman–Crippen MR) is 105 cm³/mol. The van der Waals surface area contributed by atoms with E-state index in [9.17, 15) is 19.7 Å². The Morgan fingerprint density at radius 2 is 2.00 bits per heavy atom. The Morgan fingerprint density at radius 3 is 2.75 bits per heavy atom. The molecule has 2 aromatic carbocycles. The second kappa shape index (κ2) is 8.84. The molecule has 1 atom stereocenters. The maximum Gasteiger partial charge on any atom is 0.270 e. The molecule has 0 aliphatic carbocycles. The summed E-state index contributed by atoms with van der Waals surface area (Å²) in [7, 11) is 0. The van der Waals surface area contributed by atoms with Gasteiger partial charge >= 0.3 is 0 Å². The molecule has 1 fully saturated rings. The molecule has 7 nitrogen and oxygen atoms in total. The molecule has 0 radical (unpaired) electrons. The van der Waals surface area contributed by atoms with Crippen molar-refractivity contribution in [1.29, 1.82) is 0 Å². The number of nitrogens with zero attached hydrogens (tertiary/aromatic N) is 2. The van der Waals surface area contributed by atoms with Gasteiger partial charge in [0.2, 0.25) is 5.91 Å². The van der Waals surface area contributed by atoms with Gasteiger partial charge in [-0.05, 0) is 37.0 Å². The van der Waals surface area contributed by atoms with Crippen LogP contribution in [0.5, 0.6) is 0 Å². The number of halogens is 1. The quantitative estimate of drug-likeness (QED) is 0.594. The average Bonchev–Trinajstić information content (AvgIpc) is 3.16. The van der Waals surface area contributed by atoms with E-state index in [1.54, 1.807) is 4.90 Å². The Bertz CT molecular complexity index is 903. The highest BCUT2D eigenvalue weighted by molar-refractivity contribution is 6.31. The van der Waals surface area contributed by atoms with Crippen LogP contribution in [-0.2, 0) is 11.2 Å². The molecule has 28 heavy (non-hydrogen) atoms. The van der Waals surface area contributed by atoms with Gasteiger partial charge in [0, 0.05) is 35.3 Å². The lowest BCUT2D eigenvalue weighted by molar-refractivity contribution is -0.384. The van der Waals surface area contributed by atoms with Gasteiger partial charge in [-0.15, -0.1) is 0 Å². The molecular formula is C20H20ClN3O4.